The highest BCUT2D eigenvalue weighted by molar-refractivity contribution is 7.87. The van der Waals surface area contributed by atoms with Crippen LogP contribution in [0.4, 0.5) is 0 Å². The molecule has 0 bridgehead atoms. The van der Waals surface area contributed by atoms with E-state index in [0.717, 1.165) is 0 Å². The molecule has 0 unspecified atom stereocenters. The van der Waals surface area contributed by atoms with Crippen LogP contribution in [0.1, 0.15) is 6.42 Å². The summed E-state index contributed by atoms with van der Waals surface area (Å²) in [6.45, 7) is 3.11. The van der Waals surface area contributed by atoms with E-state index in [1.54, 1.807) is 0 Å². The molecule has 0 spiro atoms. The lowest BCUT2D eigenvalue weighted by atomic mass is 10.6. The third-order valence-corrected chi connectivity index (χ3v) is 3.25. The summed E-state index contributed by atoms with van der Waals surface area (Å²) in [5.41, 5.74) is 0. The van der Waals surface area contributed by atoms with Gasteiger partial charge in [0, 0.05) is 0 Å². The molecule has 0 aliphatic carbocycles. The highest BCUT2D eigenvalue weighted by atomic mass is 32.2. The largest absolute Gasteiger partial charge is 0.286 e. The summed E-state index contributed by atoms with van der Waals surface area (Å²) >= 11 is 0. The first-order valence-electron chi connectivity index (χ1n) is 3.70. The monoisotopic (exact) mass is 244 g/mol. The Balaban J connectivity index is 3.95. The first kappa shape index (κ1) is 13.6. The van der Waals surface area contributed by atoms with Crippen LogP contribution in [0, 0.1) is 0 Å². The fourth-order valence-corrected chi connectivity index (χ4v) is 2.24. The van der Waals surface area contributed by atoms with Crippen molar-refractivity contribution >= 4 is 20.2 Å². The van der Waals surface area contributed by atoms with E-state index >= 15 is 0 Å². The third kappa shape index (κ3) is 8.17. The van der Waals surface area contributed by atoms with Crippen LogP contribution in [0.25, 0.3) is 0 Å². The van der Waals surface area contributed by atoms with E-state index in [9.17, 15) is 16.8 Å². The molecule has 84 valence electrons. The summed E-state index contributed by atoms with van der Waals surface area (Å²) in [6, 6.07) is 0. The fraction of sp³-hybridized carbons (Fsp3) is 0.667. The van der Waals surface area contributed by atoms with Gasteiger partial charge < -0.3 is 0 Å². The predicted molar refractivity (Wildman–Crippen MR) is 51.0 cm³/mol. The topological polar surface area (TPSA) is 97.7 Å². The molecule has 0 heterocycles. The van der Waals surface area contributed by atoms with Crippen LogP contribution in [0.5, 0.6) is 0 Å². The Morgan fingerprint density at radius 2 is 1.79 bits per heavy atom. The Morgan fingerprint density at radius 3 is 2.21 bits per heavy atom. The van der Waals surface area contributed by atoms with E-state index in [0.29, 0.717) is 0 Å². The highest BCUT2D eigenvalue weighted by Crippen LogP contribution is 1.98. The van der Waals surface area contributed by atoms with Gasteiger partial charge in [-0.1, -0.05) is 6.08 Å². The molecule has 8 heteroatoms. The van der Waals surface area contributed by atoms with Gasteiger partial charge in [0.2, 0.25) is 0 Å². The molecule has 1 N–H and O–H groups in total. The van der Waals surface area contributed by atoms with Crippen molar-refractivity contribution in [2.24, 2.45) is 0 Å². The Kier molecular flexibility index (Phi) is 5.27. The van der Waals surface area contributed by atoms with Gasteiger partial charge in [-0.2, -0.15) is 16.8 Å². The van der Waals surface area contributed by atoms with Crippen molar-refractivity contribution in [2.45, 2.75) is 6.42 Å². The SMILES string of the molecule is C=CCOS(=O)(=O)CCCS(=O)(=O)O. The van der Waals surface area contributed by atoms with Gasteiger partial charge in [-0.15, -0.1) is 6.58 Å². The van der Waals surface area contributed by atoms with E-state index < -0.39 is 31.7 Å². The summed E-state index contributed by atoms with van der Waals surface area (Å²) in [7, 11) is -7.82. The van der Waals surface area contributed by atoms with Gasteiger partial charge in [-0.3, -0.25) is 8.74 Å². The van der Waals surface area contributed by atoms with E-state index in [4.69, 9.17) is 4.55 Å². The van der Waals surface area contributed by atoms with Crippen molar-refractivity contribution in [3.8, 4) is 0 Å². The van der Waals surface area contributed by atoms with E-state index in [1.807, 2.05) is 0 Å². The van der Waals surface area contributed by atoms with Crippen LogP contribution in [-0.2, 0) is 24.4 Å². The molecule has 0 aromatic carbocycles. The molecule has 0 radical (unpaired) electrons. The van der Waals surface area contributed by atoms with Crippen molar-refractivity contribution in [1.29, 1.82) is 0 Å². The van der Waals surface area contributed by atoms with E-state index in [-0.39, 0.29) is 13.0 Å². The Labute approximate surface area is 83.5 Å². The molecule has 0 aromatic rings. The maximum Gasteiger partial charge on any atom is 0.267 e. The van der Waals surface area contributed by atoms with Crippen molar-refractivity contribution in [1.82, 2.24) is 0 Å². The van der Waals surface area contributed by atoms with E-state index in [2.05, 4.69) is 10.8 Å². The summed E-state index contributed by atoms with van der Waals surface area (Å²) in [5.74, 6) is -1.04. The molecule has 0 aliphatic heterocycles. The molecule has 6 nitrogen and oxygen atoms in total. The molecule has 0 rings (SSSR count). The third-order valence-electron chi connectivity index (χ3n) is 1.16. The minimum Gasteiger partial charge on any atom is -0.286 e. The first-order chi connectivity index (χ1) is 6.27. The smallest absolute Gasteiger partial charge is 0.267 e. The normalized spacial score (nSPS) is 12.6. The molecule has 14 heavy (non-hydrogen) atoms. The van der Waals surface area contributed by atoms with Gasteiger partial charge in [-0.05, 0) is 6.42 Å². The second-order valence-electron chi connectivity index (χ2n) is 2.47. The molecule has 0 fully saturated rings. The standard InChI is InChI=1S/C6H12O6S2/c1-2-4-12-14(10,11)6-3-5-13(7,8)9/h2H,1,3-6H2,(H,7,8,9). The van der Waals surface area contributed by atoms with Crippen molar-refractivity contribution < 1.29 is 25.6 Å². The average molecular weight is 244 g/mol. The zero-order valence-electron chi connectivity index (χ0n) is 7.42. The van der Waals surface area contributed by atoms with Gasteiger partial charge in [0.1, 0.15) is 0 Å². The molecule has 0 amide bonds. The Bertz CT molecular complexity index is 365. The summed E-state index contributed by atoms with van der Waals surface area (Å²) < 4.78 is 55.0. The molecule has 0 aliphatic rings. The van der Waals surface area contributed by atoms with Gasteiger partial charge in [0.05, 0.1) is 18.1 Å². The van der Waals surface area contributed by atoms with Crippen LogP contribution in [-0.4, -0.2) is 39.5 Å². The van der Waals surface area contributed by atoms with Crippen LogP contribution in [0.3, 0.4) is 0 Å². The van der Waals surface area contributed by atoms with E-state index in [1.165, 1.54) is 6.08 Å². The number of rotatable bonds is 7. The lowest BCUT2D eigenvalue weighted by Gasteiger charge is -2.01. The lowest BCUT2D eigenvalue weighted by molar-refractivity contribution is 0.357. The number of hydrogen-bond donors (Lipinski definition) is 1. The molecular weight excluding hydrogens is 232 g/mol. The minimum absolute atomic E-state index is 0.145. The van der Waals surface area contributed by atoms with Crippen molar-refractivity contribution in [3.63, 3.8) is 0 Å². The minimum atomic E-state index is -4.11. The zero-order chi connectivity index (χ0) is 11.2. The molecular formula is C6H12O6S2. The molecule has 0 saturated heterocycles. The molecule has 0 aromatic heterocycles. The maximum absolute atomic E-state index is 10.9. The molecule has 0 saturated carbocycles. The number of hydrogen-bond acceptors (Lipinski definition) is 5. The van der Waals surface area contributed by atoms with Crippen LogP contribution < -0.4 is 0 Å². The van der Waals surface area contributed by atoms with Crippen molar-refractivity contribution in [2.75, 3.05) is 18.1 Å². The predicted octanol–water partition coefficient (Wildman–Crippen LogP) is -0.203. The quantitative estimate of drug-likeness (QED) is 0.378. The highest BCUT2D eigenvalue weighted by Gasteiger charge is 2.12. The lowest BCUT2D eigenvalue weighted by Crippen LogP contribution is -2.14. The molecule has 0 atom stereocenters. The fourth-order valence-electron chi connectivity index (χ4n) is 0.629. The summed E-state index contributed by atoms with van der Waals surface area (Å²) in [5, 5.41) is 0. The Hall–Kier alpha value is -0.440. The maximum atomic E-state index is 10.9. The second-order valence-corrected chi connectivity index (χ2v) is 5.81. The Morgan fingerprint density at radius 1 is 1.21 bits per heavy atom. The second kappa shape index (κ2) is 5.44. The first-order valence-corrected chi connectivity index (χ1v) is 6.88. The average Bonchev–Trinajstić information content (AvgIpc) is 1.98. The van der Waals surface area contributed by atoms with Crippen LogP contribution in [0.2, 0.25) is 0 Å². The van der Waals surface area contributed by atoms with Gasteiger partial charge in [0.25, 0.3) is 20.2 Å². The summed E-state index contributed by atoms with van der Waals surface area (Å²) in [4.78, 5) is 0. The van der Waals surface area contributed by atoms with Gasteiger partial charge in [-0.25, -0.2) is 0 Å². The van der Waals surface area contributed by atoms with Crippen LogP contribution in [0.15, 0.2) is 12.7 Å². The van der Waals surface area contributed by atoms with Crippen molar-refractivity contribution in [3.05, 3.63) is 12.7 Å². The zero-order valence-corrected chi connectivity index (χ0v) is 9.05. The summed E-state index contributed by atoms with van der Waals surface area (Å²) in [6.07, 6.45) is 1.07. The van der Waals surface area contributed by atoms with Gasteiger partial charge >= 0.3 is 0 Å². The van der Waals surface area contributed by atoms with Gasteiger partial charge in [0.15, 0.2) is 0 Å². The van der Waals surface area contributed by atoms with Crippen LogP contribution >= 0.6 is 0 Å².